The van der Waals surface area contributed by atoms with Crippen molar-refractivity contribution in [1.82, 2.24) is 15.2 Å². The number of anilines is 1. The molecule has 3 aromatic rings. The molecule has 1 aromatic carbocycles. The quantitative estimate of drug-likeness (QED) is 0.628. The molecular formula is C19H18N4O3S. The van der Waals surface area contributed by atoms with Crippen LogP contribution in [-0.4, -0.2) is 41.1 Å². The summed E-state index contributed by atoms with van der Waals surface area (Å²) < 4.78 is 10.4. The molecule has 0 unspecified atom stereocenters. The van der Waals surface area contributed by atoms with E-state index in [2.05, 4.69) is 20.5 Å². The molecule has 2 heterocycles. The van der Waals surface area contributed by atoms with Crippen molar-refractivity contribution in [3.63, 3.8) is 0 Å². The number of pyridine rings is 1. The first-order chi connectivity index (χ1) is 13.2. The van der Waals surface area contributed by atoms with Crippen LogP contribution in [0.1, 0.15) is 0 Å². The molecule has 8 heteroatoms. The van der Waals surface area contributed by atoms with Gasteiger partial charge in [0.2, 0.25) is 5.91 Å². The summed E-state index contributed by atoms with van der Waals surface area (Å²) in [5.41, 5.74) is 1.99. The summed E-state index contributed by atoms with van der Waals surface area (Å²) in [7, 11) is 3.11. The van der Waals surface area contributed by atoms with Crippen molar-refractivity contribution in [2.24, 2.45) is 0 Å². The van der Waals surface area contributed by atoms with Crippen LogP contribution >= 0.6 is 11.8 Å². The number of methoxy groups -OCH3 is 2. The fourth-order valence-corrected chi connectivity index (χ4v) is 2.90. The third-order valence-corrected chi connectivity index (χ3v) is 4.52. The molecule has 0 aliphatic heterocycles. The Balaban J connectivity index is 1.59. The Kier molecular flexibility index (Phi) is 6.22. The summed E-state index contributed by atoms with van der Waals surface area (Å²) in [6.45, 7) is 0. The molecule has 0 bridgehead atoms. The third kappa shape index (κ3) is 4.95. The van der Waals surface area contributed by atoms with Crippen molar-refractivity contribution in [2.45, 2.75) is 5.03 Å². The second-order valence-corrected chi connectivity index (χ2v) is 6.37. The molecule has 3 rings (SSSR count). The number of rotatable bonds is 7. The van der Waals surface area contributed by atoms with Gasteiger partial charge in [0.15, 0.2) is 0 Å². The van der Waals surface area contributed by atoms with Gasteiger partial charge in [0, 0.05) is 12.3 Å². The van der Waals surface area contributed by atoms with E-state index >= 15 is 0 Å². The van der Waals surface area contributed by atoms with Crippen LogP contribution in [0.2, 0.25) is 0 Å². The van der Waals surface area contributed by atoms with E-state index in [1.807, 2.05) is 30.3 Å². The highest BCUT2D eigenvalue weighted by molar-refractivity contribution is 7.99. The van der Waals surface area contributed by atoms with Gasteiger partial charge in [0.05, 0.1) is 31.4 Å². The average Bonchev–Trinajstić information content (AvgIpc) is 2.73. The summed E-state index contributed by atoms with van der Waals surface area (Å²) >= 11 is 1.30. The molecule has 0 saturated heterocycles. The first kappa shape index (κ1) is 18.7. The summed E-state index contributed by atoms with van der Waals surface area (Å²) in [4.78, 5) is 16.5. The van der Waals surface area contributed by atoms with Crippen molar-refractivity contribution in [2.75, 3.05) is 25.3 Å². The van der Waals surface area contributed by atoms with Crippen molar-refractivity contribution >= 4 is 23.4 Å². The van der Waals surface area contributed by atoms with E-state index in [4.69, 9.17) is 9.47 Å². The molecule has 0 aliphatic carbocycles. The lowest BCUT2D eigenvalue weighted by Gasteiger charge is -2.11. The lowest BCUT2D eigenvalue weighted by molar-refractivity contribution is -0.113. The summed E-state index contributed by atoms with van der Waals surface area (Å²) in [6, 6.07) is 14.5. The number of thioether (sulfide) groups is 1. The second kappa shape index (κ2) is 9.00. The third-order valence-electron chi connectivity index (χ3n) is 3.60. The first-order valence-electron chi connectivity index (χ1n) is 8.09. The number of nitrogens with one attached hydrogen (secondary N) is 1. The van der Waals surface area contributed by atoms with E-state index in [1.54, 1.807) is 38.6 Å². The van der Waals surface area contributed by atoms with Crippen molar-refractivity contribution < 1.29 is 14.3 Å². The fraction of sp³-hybridized carbons (Fsp3) is 0.158. The fourth-order valence-electron chi connectivity index (χ4n) is 2.29. The molecule has 138 valence electrons. The van der Waals surface area contributed by atoms with Gasteiger partial charge >= 0.3 is 0 Å². The molecule has 7 nitrogen and oxygen atoms in total. The largest absolute Gasteiger partial charge is 0.497 e. The number of nitrogens with zero attached hydrogens (tertiary/aromatic N) is 3. The van der Waals surface area contributed by atoms with Gasteiger partial charge < -0.3 is 14.8 Å². The van der Waals surface area contributed by atoms with E-state index in [0.717, 1.165) is 5.69 Å². The van der Waals surface area contributed by atoms with E-state index < -0.39 is 0 Å². The minimum atomic E-state index is -0.179. The molecule has 0 spiro atoms. The second-order valence-electron chi connectivity index (χ2n) is 5.37. The van der Waals surface area contributed by atoms with E-state index in [0.29, 0.717) is 27.9 Å². The van der Waals surface area contributed by atoms with Gasteiger partial charge in [-0.25, -0.2) is 0 Å². The lowest BCUT2D eigenvalue weighted by Crippen LogP contribution is -2.15. The molecule has 1 amide bonds. The maximum Gasteiger partial charge on any atom is 0.234 e. The summed E-state index contributed by atoms with van der Waals surface area (Å²) in [5, 5.41) is 11.8. The van der Waals surface area contributed by atoms with Gasteiger partial charge in [-0.1, -0.05) is 17.8 Å². The zero-order chi connectivity index (χ0) is 19.1. The summed E-state index contributed by atoms with van der Waals surface area (Å²) in [6.07, 6.45) is 1.71. The van der Waals surface area contributed by atoms with Crippen molar-refractivity contribution in [3.05, 3.63) is 54.7 Å². The zero-order valence-corrected chi connectivity index (χ0v) is 15.7. The Morgan fingerprint density at radius 2 is 1.93 bits per heavy atom. The van der Waals surface area contributed by atoms with Crippen LogP contribution in [0.25, 0.3) is 11.4 Å². The minimum absolute atomic E-state index is 0.179. The van der Waals surface area contributed by atoms with Gasteiger partial charge in [0.25, 0.3) is 0 Å². The van der Waals surface area contributed by atoms with Crippen LogP contribution in [0, 0.1) is 0 Å². The van der Waals surface area contributed by atoms with E-state index in [-0.39, 0.29) is 11.7 Å². The lowest BCUT2D eigenvalue weighted by atomic mass is 10.2. The van der Waals surface area contributed by atoms with E-state index in [1.165, 1.54) is 11.8 Å². The number of hydrogen-bond donors (Lipinski definition) is 1. The van der Waals surface area contributed by atoms with Crippen LogP contribution in [-0.2, 0) is 4.79 Å². The molecule has 27 heavy (non-hydrogen) atoms. The van der Waals surface area contributed by atoms with Crippen molar-refractivity contribution in [1.29, 1.82) is 0 Å². The number of aromatic nitrogens is 3. The molecular weight excluding hydrogens is 364 g/mol. The van der Waals surface area contributed by atoms with Gasteiger partial charge in [-0.2, -0.15) is 0 Å². The highest BCUT2D eigenvalue weighted by atomic mass is 32.2. The molecule has 0 atom stereocenters. The maximum absolute atomic E-state index is 12.3. The summed E-state index contributed by atoms with van der Waals surface area (Å²) in [5.74, 6) is 1.21. The number of amides is 1. The predicted molar refractivity (Wildman–Crippen MR) is 104 cm³/mol. The Bertz CT molecular complexity index is 905. The van der Waals surface area contributed by atoms with Crippen LogP contribution in [0.15, 0.2) is 59.8 Å². The number of carbonyl (C=O) groups is 1. The van der Waals surface area contributed by atoms with Gasteiger partial charge in [-0.3, -0.25) is 9.78 Å². The SMILES string of the molecule is COc1ccc(OC)c(NC(=O)CSc2ccc(-c3ccccn3)nn2)c1. The van der Waals surface area contributed by atoms with Crippen molar-refractivity contribution in [3.8, 4) is 22.9 Å². The molecule has 0 aliphatic rings. The highest BCUT2D eigenvalue weighted by Crippen LogP contribution is 2.29. The van der Waals surface area contributed by atoms with E-state index in [9.17, 15) is 4.79 Å². The Hall–Kier alpha value is -3.13. The Morgan fingerprint density at radius 1 is 1.04 bits per heavy atom. The van der Waals surface area contributed by atoms with Crippen LogP contribution in [0.5, 0.6) is 11.5 Å². The smallest absolute Gasteiger partial charge is 0.234 e. The van der Waals surface area contributed by atoms with Gasteiger partial charge in [-0.15, -0.1) is 10.2 Å². The molecule has 2 aromatic heterocycles. The first-order valence-corrected chi connectivity index (χ1v) is 9.08. The number of hydrogen-bond acceptors (Lipinski definition) is 7. The molecule has 0 radical (unpaired) electrons. The predicted octanol–water partition coefficient (Wildman–Crippen LogP) is 3.29. The minimum Gasteiger partial charge on any atom is -0.497 e. The van der Waals surface area contributed by atoms with Gasteiger partial charge in [0.1, 0.15) is 22.2 Å². The Labute approximate surface area is 161 Å². The standard InChI is InChI=1S/C19H18N4O3S/c1-25-13-6-8-17(26-2)16(11-13)21-18(24)12-27-19-9-7-15(22-23-19)14-5-3-4-10-20-14/h3-11H,12H2,1-2H3,(H,21,24). The molecule has 0 saturated carbocycles. The maximum atomic E-state index is 12.3. The average molecular weight is 382 g/mol. The number of ether oxygens (including phenoxy) is 2. The number of benzene rings is 1. The van der Waals surface area contributed by atoms with Crippen LogP contribution in [0.3, 0.4) is 0 Å². The molecule has 1 N–H and O–H groups in total. The molecule has 0 fully saturated rings. The Morgan fingerprint density at radius 3 is 2.59 bits per heavy atom. The normalized spacial score (nSPS) is 10.3. The van der Waals surface area contributed by atoms with Crippen LogP contribution < -0.4 is 14.8 Å². The van der Waals surface area contributed by atoms with Crippen LogP contribution in [0.4, 0.5) is 5.69 Å². The topological polar surface area (TPSA) is 86.2 Å². The monoisotopic (exact) mass is 382 g/mol. The van der Waals surface area contributed by atoms with Gasteiger partial charge in [-0.05, 0) is 36.4 Å². The number of carbonyl (C=O) groups excluding carboxylic acids is 1. The zero-order valence-electron chi connectivity index (χ0n) is 14.9. The highest BCUT2D eigenvalue weighted by Gasteiger charge is 2.10.